The predicted octanol–water partition coefficient (Wildman–Crippen LogP) is 2.32. The number of nitrogens with zero attached hydrogens (tertiary/aromatic N) is 3. The molecule has 2 heterocycles. The Labute approximate surface area is 146 Å². The summed E-state index contributed by atoms with van der Waals surface area (Å²) in [5, 5.41) is 8.91. The normalized spacial score (nSPS) is 16.3. The maximum Gasteiger partial charge on any atom is 0.260 e. The van der Waals surface area contributed by atoms with Gasteiger partial charge in [0.25, 0.3) is 5.91 Å². The first-order valence-electron chi connectivity index (χ1n) is 8.14. The van der Waals surface area contributed by atoms with E-state index in [0.717, 1.165) is 12.0 Å². The molecular formula is C19H19N3O3. The van der Waals surface area contributed by atoms with E-state index < -0.39 is 0 Å². The third kappa shape index (κ3) is 4.48. The highest BCUT2D eigenvalue weighted by Gasteiger charge is 2.28. The summed E-state index contributed by atoms with van der Waals surface area (Å²) in [6.45, 7) is 3.13. The van der Waals surface area contributed by atoms with Crippen LogP contribution >= 0.6 is 0 Å². The topological polar surface area (TPSA) is 75.4 Å². The maximum absolute atomic E-state index is 12.3. The number of aryl methyl sites for hydroxylation is 1. The number of hydrogen-bond acceptors (Lipinski definition) is 5. The molecule has 1 aliphatic rings. The Balaban J connectivity index is 1.49. The third-order valence-electron chi connectivity index (χ3n) is 4.03. The number of hydrogen-bond donors (Lipinski definition) is 0. The lowest BCUT2D eigenvalue weighted by Crippen LogP contribution is -2.34. The summed E-state index contributed by atoms with van der Waals surface area (Å²) in [6, 6.07) is 12.9. The molecule has 0 saturated carbocycles. The van der Waals surface area contributed by atoms with Gasteiger partial charge in [-0.1, -0.05) is 17.7 Å². The van der Waals surface area contributed by atoms with E-state index in [9.17, 15) is 4.79 Å². The van der Waals surface area contributed by atoms with Crippen molar-refractivity contribution in [2.75, 3.05) is 19.7 Å². The van der Waals surface area contributed by atoms with Crippen LogP contribution in [0.5, 0.6) is 11.6 Å². The minimum atomic E-state index is -0.121. The van der Waals surface area contributed by atoms with Crippen molar-refractivity contribution < 1.29 is 14.3 Å². The Morgan fingerprint density at radius 2 is 2.16 bits per heavy atom. The first-order chi connectivity index (χ1) is 12.1. The Bertz CT molecular complexity index is 783. The zero-order chi connectivity index (χ0) is 17.6. The smallest absolute Gasteiger partial charge is 0.260 e. The maximum atomic E-state index is 12.3. The molecule has 1 atom stereocenters. The minimum Gasteiger partial charge on any atom is -0.484 e. The van der Waals surface area contributed by atoms with Crippen molar-refractivity contribution >= 4 is 5.91 Å². The number of carbonyl (C=O) groups excluding carboxylic acids is 1. The quantitative estimate of drug-likeness (QED) is 0.837. The molecule has 128 valence electrons. The van der Waals surface area contributed by atoms with Gasteiger partial charge >= 0.3 is 0 Å². The van der Waals surface area contributed by atoms with E-state index in [-0.39, 0.29) is 18.6 Å². The summed E-state index contributed by atoms with van der Waals surface area (Å²) >= 11 is 0. The molecule has 6 heteroatoms. The lowest BCUT2D eigenvalue weighted by Gasteiger charge is -2.17. The van der Waals surface area contributed by atoms with E-state index >= 15 is 0 Å². The number of aromatic nitrogens is 1. The largest absolute Gasteiger partial charge is 0.484 e. The van der Waals surface area contributed by atoms with Gasteiger partial charge in [-0.25, -0.2) is 4.98 Å². The number of nitriles is 1. The molecule has 1 aliphatic heterocycles. The van der Waals surface area contributed by atoms with Crippen LogP contribution in [0.3, 0.4) is 0 Å². The Morgan fingerprint density at radius 3 is 2.92 bits per heavy atom. The van der Waals surface area contributed by atoms with Crippen molar-refractivity contribution in [3.63, 3.8) is 0 Å². The Hall–Kier alpha value is -3.07. The highest BCUT2D eigenvalue weighted by Crippen LogP contribution is 2.18. The van der Waals surface area contributed by atoms with Gasteiger partial charge in [-0.2, -0.15) is 5.26 Å². The molecule has 1 aromatic heterocycles. The first kappa shape index (κ1) is 16.8. The monoisotopic (exact) mass is 337 g/mol. The minimum absolute atomic E-state index is 0.0119. The van der Waals surface area contributed by atoms with Gasteiger partial charge in [-0.3, -0.25) is 4.79 Å². The summed E-state index contributed by atoms with van der Waals surface area (Å²) in [7, 11) is 0. The van der Waals surface area contributed by atoms with Crippen LogP contribution in [0.1, 0.15) is 17.5 Å². The number of likely N-dealkylation sites (tertiary alicyclic amines) is 1. The summed E-state index contributed by atoms with van der Waals surface area (Å²) in [4.78, 5) is 18.1. The van der Waals surface area contributed by atoms with E-state index in [2.05, 4.69) is 11.1 Å². The van der Waals surface area contributed by atoms with Gasteiger partial charge in [0.2, 0.25) is 5.88 Å². The SMILES string of the molecule is Cc1ccc(OCC(=O)N2CCC(Oc3cc(C#N)ccn3)C2)cc1. The van der Waals surface area contributed by atoms with E-state index in [1.165, 1.54) is 0 Å². The fourth-order valence-electron chi connectivity index (χ4n) is 2.64. The van der Waals surface area contributed by atoms with Crippen molar-refractivity contribution in [3.8, 4) is 17.7 Å². The molecule has 0 aliphatic carbocycles. The van der Waals surface area contributed by atoms with Crippen LogP contribution in [0.4, 0.5) is 0 Å². The van der Waals surface area contributed by atoms with Crippen LogP contribution in [0.2, 0.25) is 0 Å². The van der Waals surface area contributed by atoms with Crippen LogP contribution in [-0.4, -0.2) is 41.6 Å². The van der Waals surface area contributed by atoms with Crippen LogP contribution in [0.25, 0.3) is 0 Å². The van der Waals surface area contributed by atoms with Gasteiger partial charge in [-0.15, -0.1) is 0 Å². The summed E-state index contributed by atoms with van der Waals surface area (Å²) < 4.78 is 11.3. The summed E-state index contributed by atoms with van der Waals surface area (Å²) in [5.74, 6) is 1.03. The van der Waals surface area contributed by atoms with Gasteiger partial charge in [0.05, 0.1) is 18.2 Å². The van der Waals surface area contributed by atoms with Gasteiger partial charge in [0.1, 0.15) is 11.9 Å². The lowest BCUT2D eigenvalue weighted by atomic mass is 10.2. The molecule has 2 aromatic rings. The molecule has 1 saturated heterocycles. The summed E-state index contributed by atoms with van der Waals surface area (Å²) in [6.07, 6.45) is 2.15. The average Bonchev–Trinajstić information content (AvgIpc) is 3.09. The fraction of sp³-hybridized carbons (Fsp3) is 0.316. The standard InChI is InChI=1S/C19H19N3O3/c1-14-2-4-16(5-3-14)24-13-19(23)22-9-7-17(12-22)25-18-10-15(11-20)6-8-21-18/h2-6,8,10,17H,7,9,12-13H2,1H3. The molecule has 1 aromatic carbocycles. The highest BCUT2D eigenvalue weighted by atomic mass is 16.5. The van der Waals surface area contributed by atoms with Crippen molar-refractivity contribution in [1.29, 1.82) is 5.26 Å². The highest BCUT2D eigenvalue weighted by molar-refractivity contribution is 5.78. The number of pyridine rings is 1. The van der Waals surface area contributed by atoms with Gasteiger partial charge in [-0.05, 0) is 25.1 Å². The molecular weight excluding hydrogens is 318 g/mol. The molecule has 1 fully saturated rings. The molecule has 0 radical (unpaired) electrons. The predicted molar refractivity (Wildman–Crippen MR) is 91.2 cm³/mol. The molecule has 6 nitrogen and oxygen atoms in total. The Morgan fingerprint density at radius 1 is 1.36 bits per heavy atom. The molecule has 3 rings (SSSR count). The number of carbonyl (C=O) groups is 1. The van der Waals surface area contributed by atoms with Crippen LogP contribution in [0.15, 0.2) is 42.6 Å². The third-order valence-corrected chi connectivity index (χ3v) is 4.03. The molecule has 25 heavy (non-hydrogen) atoms. The van der Waals surface area contributed by atoms with Crippen molar-refractivity contribution in [3.05, 3.63) is 53.7 Å². The van der Waals surface area contributed by atoms with Gasteiger partial charge in [0, 0.05) is 25.2 Å². The zero-order valence-corrected chi connectivity index (χ0v) is 14.0. The molecule has 1 amide bonds. The van der Waals surface area contributed by atoms with E-state index in [1.54, 1.807) is 23.2 Å². The second kappa shape index (κ2) is 7.67. The van der Waals surface area contributed by atoms with Crippen LogP contribution in [-0.2, 0) is 4.79 Å². The number of amides is 1. The number of ether oxygens (including phenoxy) is 2. The van der Waals surface area contributed by atoms with Gasteiger partial charge in [0.15, 0.2) is 6.61 Å². The van der Waals surface area contributed by atoms with E-state index in [1.807, 2.05) is 31.2 Å². The molecule has 0 bridgehead atoms. The fourth-order valence-corrected chi connectivity index (χ4v) is 2.64. The van der Waals surface area contributed by atoms with Crippen molar-refractivity contribution in [1.82, 2.24) is 9.88 Å². The zero-order valence-electron chi connectivity index (χ0n) is 14.0. The second-order valence-electron chi connectivity index (χ2n) is 5.96. The Kier molecular flexibility index (Phi) is 5.14. The van der Waals surface area contributed by atoms with E-state index in [4.69, 9.17) is 14.7 Å². The average molecular weight is 337 g/mol. The number of rotatable bonds is 5. The van der Waals surface area contributed by atoms with Crippen molar-refractivity contribution in [2.24, 2.45) is 0 Å². The first-order valence-corrected chi connectivity index (χ1v) is 8.14. The molecule has 1 unspecified atom stereocenters. The van der Waals surface area contributed by atoms with E-state index in [0.29, 0.717) is 30.3 Å². The van der Waals surface area contributed by atoms with Crippen molar-refractivity contribution in [2.45, 2.75) is 19.4 Å². The second-order valence-corrected chi connectivity index (χ2v) is 5.96. The molecule has 0 N–H and O–H groups in total. The van der Waals surface area contributed by atoms with Crippen LogP contribution < -0.4 is 9.47 Å². The van der Waals surface area contributed by atoms with Crippen LogP contribution in [0, 0.1) is 18.3 Å². The summed E-state index contributed by atoms with van der Waals surface area (Å²) in [5.41, 5.74) is 1.65. The molecule has 0 spiro atoms. The number of benzene rings is 1. The van der Waals surface area contributed by atoms with Gasteiger partial charge < -0.3 is 14.4 Å². The lowest BCUT2D eigenvalue weighted by molar-refractivity contribution is -0.132.